The van der Waals surface area contributed by atoms with E-state index in [9.17, 15) is 4.79 Å². The molecule has 0 heterocycles. The zero-order valence-electron chi connectivity index (χ0n) is 12.3. The van der Waals surface area contributed by atoms with E-state index < -0.39 is 0 Å². The Balaban J connectivity index is 3.55. The number of hydrogen-bond donors (Lipinski definition) is 7. The minimum atomic E-state index is -0.279. The summed E-state index contributed by atoms with van der Waals surface area (Å²) in [5, 5.41) is 17.0. The molecular weight excluding hydrogens is 258 g/mol. The van der Waals surface area contributed by atoms with Crippen LogP contribution in [0, 0.1) is 10.8 Å². The molecule has 0 aromatic rings. The first kappa shape index (κ1) is 18.0. The number of rotatable bonds is 8. The monoisotopic (exact) mass is 285 g/mol. The van der Waals surface area contributed by atoms with E-state index in [1.54, 1.807) is 0 Å². The number of carbonyl (C=O) groups excluding carboxylic acids is 1. The van der Waals surface area contributed by atoms with Crippen LogP contribution in [0.2, 0.25) is 0 Å². The number of nitrogens with two attached hydrogens (primary N) is 2. The van der Waals surface area contributed by atoms with E-state index in [0.29, 0.717) is 6.42 Å². The lowest BCUT2D eigenvalue weighted by Gasteiger charge is -2.26. The topological polar surface area (TPSA) is 153 Å². The lowest BCUT2D eigenvalue weighted by Crippen LogP contribution is -2.46. The molecule has 0 saturated heterocycles. The van der Waals surface area contributed by atoms with Crippen molar-refractivity contribution in [1.29, 1.82) is 10.8 Å². The Hall–Kier alpha value is -1.99. The van der Waals surface area contributed by atoms with Crippen LogP contribution in [0.4, 0.5) is 0 Å². The van der Waals surface area contributed by atoms with Crippen LogP contribution in [0.15, 0.2) is 0 Å². The van der Waals surface area contributed by atoms with Crippen LogP contribution in [0.1, 0.15) is 52.4 Å². The summed E-state index contributed by atoms with van der Waals surface area (Å²) in [5.41, 5.74) is 14.8. The maximum Gasteiger partial charge on any atom is 0.238 e. The molecule has 0 fully saturated rings. The van der Waals surface area contributed by atoms with Gasteiger partial charge in [0.15, 0.2) is 5.96 Å². The minimum Gasteiger partial charge on any atom is -0.370 e. The molecule has 0 bridgehead atoms. The van der Waals surface area contributed by atoms with Gasteiger partial charge in [-0.3, -0.25) is 26.5 Å². The summed E-state index contributed by atoms with van der Waals surface area (Å²) in [6, 6.07) is 0. The molecule has 0 aromatic heterocycles. The van der Waals surface area contributed by atoms with Gasteiger partial charge in [-0.25, -0.2) is 0 Å². The predicted molar refractivity (Wildman–Crippen MR) is 80.0 cm³/mol. The van der Waals surface area contributed by atoms with Gasteiger partial charge in [0.2, 0.25) is 11.9 Å². The fourth-order valence-corrected chi connectivity index (χ4v) is 1.83. The van der Waals surface area contributed by atoms with Crippen molar-refractivity contribution in [3.63, 3.8) is 0 Å². The highest BCUT2D eigenvalue weighted by atomic mass is 16.2. The average molecular weight is 285 g/mol. The van der Waals surface area contributed by atoms with Gasteiger partial charge in [-0.05, 0) is 26.7 Å². The van der Waals surface area contributed by atoms with Crippen molar-refractivity contribution in [3.05, 3.63) is 0 Å². The van der Waals surface area contributed by atoms with Gasteiger partial charge in [0.1, 0.15) is 0 Å². The van der Waals surface area contributed by atoms with Crippen molar-refractivity contribution >= 4 is 17.8 Å². The maximum absolute atomic E-state index is 11.3. The van der Waals surface area contributed by atoms with Crippen LogP contribution >= 0.6 is 0 Å². The molecule has 0 aliphatic heterocycles. The van der Waals surface area contributed by atoms with Crippen LogP contribution in [0.25, 0.3) is 0 Å². The number of hydrogen-bond acceptors (Lipinski definition) is 3. The van der Waals surface area contributed by atoms with Gasteiger partial charge in [0.05, 0.1) is 0 Å². The smallest absolute Gasteiger partial charge is 0.238 e. The molecule has 8 nitrogen and oxygen atoms in total. The third-order valence-corrected chi connectivity index (χ3v) is 2.77. The van der Waals surface area contributed by atoms with E-state index in [0.717, 1.165) is 32.1 Å². The highest BCUT2D eigenvalue weighted by Crippen LogP contribution is 2.14. The van der Waals surface area contributed by atoms with E-state index in [-0.39, 0.29) is 23.4 Å². The van der Waals surface area contributed by atoms with Crippen molar-refractivity contribution in [2.75, 3.05) is 0 Å². The fraction of sp³-hybridized carbons (Fsp3) is 0.750. The SMILES string of the molecule is CC(C)(CCCCCCC(=O)NNC(=N)N)NC(=N)N. The van der Waals surface area contributed by atoms with E-state index in [4.69, 9.17) is 22.3 Å². The molecule has 0 saturated carbocycles. The second kappa shape index (κ2) is 9.00. The summed E-state index contributed by atoms with van der Waals surface area (Å²) in [7, 11) is 0. The number of carbonyl (C=O) groups is 1. The first-order valence-electron chi connectivity index (χ1n) is 6.74. The summed E-state index contributed by atoms with van der Waals surface area (Å²) < 4.78 is 0. The largest absolute Gasteiger partial charge is 0.370 e. The number of nitrogens with one attached hydrogen (secondary N) is 5. The van der Waals surface area contributed by atoms with Crippen LogP contribution < -0.4 is 27.6 Å². The summed E-state index contributed by atoms with van der Waals surface area (Å²) >= 11 is 0. The van der Waals surface area contributed by atoms with Crippen molar-refractivity contribution < 1.29 is 4.79 Å². The molecule has 9 N–H and O–H groups in total. The predicted octanol–water partition coefficient (Wildman–Crippen LogP) is 0.103. The molecule has 1 amide bonds. The Morgan fingerprint density at radius 1 is 1.00 bits per heavy atom. The summed E-state index contributed by atoms with van der Waals surface area (Å²) in [6.45, 7) is 4.02. The second-order valence-electron chi connectivity index (χ2n) is 5.42. The summed E-state index contributed by atoms with van der Waals surface area (Å²) in [5.74, 6) is -0.457. The average Bonchev–Trinajstić information content (AvgIpc) is 2.29. The normalized spacial score (nSPS) is 10.7. The van der Waals surface area contributed by atoms with Gasteiger partial charge in [0.25, 0.3) is 0 Å². The molecule has 0 rings (SSSR count). The Bertz CT molecular complexity index is 341. The molecule has 0 spiro atoms. The van der Waals surface area contributed by atoms with Gasteiger partial charge >= 0.3 is 0 Å². The number of hydrazine groups is 1. The van der Waals surface area contributed by atoms with E-state index >= 15 is 0 Å². The third-order valence-electron chi connectivity index (χ3n) is 2.77. The molecule has 0 aliphatic carbocycles. The second-order valence-corrected chi connectivity index (χ2v) is 5.42. The Morgan fingerprint density at radius 3 is 2.15 bits per heavy atom. The fourth-order valence-electron chi connectivity index (χ4n) is 1.83. The molecule has 0 aliphatic rings. The molecule has 20 heavy (non-hydrogen) atoms. The Kier molecular flexibility index (Phi) is 8.10. The van der Waals surface area contributed by atoms with Crippen molar-refractivity contribution in [3.8, 4) is 0 Å². The first-order valence-corrected chi connectivity index (χ1v) is 6.74. The van der Waals surface area contributed by atoms with E-state index in [1.165, 1.54) is 0 Å². The van der Waals surface area contributed by atoms with Crippen LogP contribution in [-0.4, -0.2) is 23.4 Å². The highest BCUT2D eigenvalue weighted by Gasteiger charge is 2.16. The number of amides is 1. The van der Waals surface area contributed by atoms with Gasteiger partial charge in [-0.2, -0.15) is 0 Å². The lowest BCUT2D eigenvalue weighted by molar-refractivity contribution is -0.121. The standard InChI is InChI=1S/C12H27N7O/c1-12(2,17-10(13)14)8-6-4-3-5-7-9(20)18-19-11(15)16/h3-8H2,1-2H3,(H,18,20)(H4,13,14,17)(H4,15,16,19). The third kappa shape index (κ3) is 11.1. The van der Waals surface area contributed by atoms with Crippen molar-refractivity contribution in [2.45, 2.75) is 57.9 Å². The van der Waals surface area contributed by atoms with Gasteiger partial charge in [-0.15, -0.1) is 0 Å². The van der Waals surface area contributed by atoms with Crippen molar-refractivity contribution in [2.24, 2.45) is 11.5 Å². The quantitative estimate of drug-likeness (QED) is 0.146. The van der Waals surface area contributed by atoms with Crippen LogP contribution in [0.5, 0.6) is 0 Å². The highest BCUT2D eigenvalue weighted by molar-refractivity contribution is 5.81. The molecule has 0 atom stereocenters. The van der Waals surface area contributed by atoms with Gasteiger partial charge in [0, 0.05) is 12.0 Å². The number of guanidine groups is 2. The molecule has 116 valence electrons. The summed E-state index contributed by atoms with van der Waals surface area (Å²) in [6.07, 6.45) is 5.13. The molecular formula is C12H27N7O. The Morgan fingerprint density at radius 2 is 1.60 bits per heavy atom. The molecule has 0 aromatic carbocycles. The first-order chi connectivity index (χ1) is 9.23. The summed E-state index contributed by atoms with van der Waals surface area (Å²) in [4.78, 5) is 11.3. The van der Waals surface area contributed by atoms with Gasteiger partial charge in [-0.1, -0.05) is 19.3 Å². The van der Waals surface area contributed by atoms with E-state index in [2.05, 4.69) is 16.2 Å². The zero-order chi connectivity index (χ0) is 15.6. The van der Waals surface area contributed by atoms with Crippen LogP contribution in [-0.2, 0) is 4.79 Å². The van der Waals surface area contributed by atoms with Crippen LogP contribution in [0.3, 0.4) is 0 Å². The zero-order valence-corrected chi connectivity index (χ0v) is 12.3. The Labute approximate surface area is 120 Å². The minimum absolute atomic E-state index is 0.00959. The van der Waals surface area contributed by atoms with Crippen molar-refractivity contribution in [1.82, 2.24) is 16.2 Å². The lowest BCUT2D eigenvalue weighted by atomic mass is 9.96. The molecule has 8 heteroatoms. The molecule has 0 radical (unpaired) electrons. The van der Waals surface area contributed by atoms with Gasteiger partial charge < -0.3 is 16.8 Å². The number of unbranched alkanes of at least 4 members (excludes halogenated alkanes) is 3. The van der Waals surface area contributed by atoms with E-state index in [1.807, 2.05) is 13.8 Å². The molecule has 0 unspecified atom stereocenters. The maximum atomic E-state index is 11.3.